The molecule has 3 rings (SSSR count). The fraction of sp³-hybridized carbons (Fsp3) is 0.474. The van der Waals surface area contributed by atoms with E-state index >= 15 is 0 Å². The average Bonchev–Trinajstić information content (AvgIpc) is 3.16. The van der Waals surface area contributed by atoms with E-state index in [9.17, 15) is 18.4 Å². The zero-order valence-corrected chi connectivity index (χ0v) is 16.1. The van der Waals surface area contributed by atoms with Crippen molar-refractivity contribution in [2.75, 3.05) is 26.2 Å². The number of rotatable bonds is 6. The minimum Gasteiger partial charge on any atom is -0.434 e. The van der Waals surface area contributed by atoms with E-state index in [4.69, 9.17) is 0 Å². The van der Waals surface area contributed by atoms with Gasteiger partial charge in [0.15, 0.2) is 0 Å². The fourth-order valence-electron chi connectivity index (χ4n) is 3.43. The summed E-state index contributed by atoms with van der Waals surface area (Å²) in [6.07, 6.45) is 4.18. The van der Waals surface area contributed by atoms with Crippen LogP contribution >= 0.6 is 12.4 Å². The van der Waals surface area contributed by atoms with E-state index < -0.39 is 18.6 Å². The summed E-state index contributed by atoms with van der Waals surface area (Å²) in [6, 6.07) is 5.27. The molecule has 2 aliphatic heterocycles. The Balaban J connectivity index is 0.00000280. The van der Waals surface area contributed by atoms with Crippen molar-refractivity contribution in [1.29, 1.82) is 0 Å². The second-order valence-electron chi connectivity index (χ2n) is 6.57. The van der Waals surface area contributed by atoms with E-state index in [0.29, 0.717) is 25.9 Å². The number of nitrogens with zero attached hydrogens (tertiary/aromatic N) is 1. The molecule has 0 saturated carbocycles. The molecule has 154 valence electrons. The molecule has 0 bridgehead atoms. The van der Waals surface area contributed by atoms with Gasteiger partial charge in [-0.1, -0.05) is 23.8 Å². The lowest BCUT2D eigenvalue weighted by atomic mass is 10.1. The van der Waals surface area contributed by atoms with Crippen molar-refractivity contribution in [3.05, 3.63) is 41.5 Å². The maximum Gasteiger partial charge on any atom is 0.387 e. The van der Waals surface area contributed by atoms with Gasteiger partial charge in [0.1, 0.15) is 11.8 Å². The van der Waals surface area contributed by atoms with Gasteiger partial charge in [-0.25, -0.2) is 0 Å². The topological polar surface area (TPSA) is 70.7 Å². The van der Waals surface area contributed by atoms with Crippen molar-refractivity contribution in [3.8, 4) is 5.75 Å². The number of alkyl halides is 2. The number of amides is 2. The summed E-state index contributed by atoms with van der Waals surface area (Å²) in [5.74, 6) is -0.860. The summed E-state index contributed by atoms with van der Waals surface area (Å²) in [4.78, 5) is 26.9. The number of benzene rings is 1. The van der Waals surface area contributed by atoms with E-state index in [1.54, 1.807) is 6.07 Å². The minimum atomic E-state index is -3.02. The first-order valence-electron chi connectivity index (χ1n) is 9.07. The molecule has 1 atom stereocenters. The molecule has 0 aromatic heterocycles. The second kappa shape index (κ2) is 10.4. The SMILES string of the molecule is Cl.O=C(NCC1=CCNCC1)C1CCCN1C(=O)c1ccccc1OC(F)F. The van der Waals surface area contributed by atoms with Crippen LogP contribution in [0.1, 0.15) is 29.6 Å². The standard InChI is InChI=1S/C19H23F2N3O3.ClH/c20-19(21)27-16-6-2-1-4-14(16)18(26)24-11-3-5-15(24)17(25)23-12-13-7-9-22-10-8-13;/h1-2,4,6-7,15,19,22H,3,5,8-12H2,(H,23,25);1H. The van der Waals surface area contributed by atoms with Crippen molar-refractivity contribution in [2.45, 2.75) is 31.9 Å². The highest BCUT2D eigenvalue weighted by Crippen LogP contribution is 2.26. The quantitative estimate of drug-likeness (QED) is 0.700. The molecule has 2 heterocycles. The second-order valence-corrected chi connectivity index (χ2v) is 6.57. The number of hydrogen-bond acceptors (Lipinski definition) is 4. The van der Waals surface area contributed by atoms with Crippen molar-refractivity contribution >= 4 is 24.2 Å². The van der Waals surface area contributed by atoms with Gasteiger partial charge in [0.05, 0.1) is 5.56 Å². The Labute approximate surface area is 168 Å². The third kappa shape index (κ3) is 5.42. The average molecular weight is 416 g/mol. The number of nitrogens with one attached hydrogen (secondary N) is 2. The van der Waals surface area contributed by atoms with Crippen LogP contribution in [0, 0.1) is 0 Å². The molecule has 0 aliphatic carbocycles. The molecule has 1 aromatic carbocycles. The van der Waals surface area contributed by atoms with Crippen LogP contribution in [0.5, 0.6) is 5.75 Å². The van der Waals surface area contributed by atoms with Gasteiger partial charge >= 0.3 is 6.61 Å². The molecule has 2 aliphatic rings. The monoisotopic (exact) mass is 415 g/mol. The first kappa shape index (κ1) is 22.1. The Hall–Kier alpha value is -2.19. The Morgan fingerprint density at radius 1 is 1.32 bits per heavy atom. The van der Waals surface area contributed by atoms with Crippen LogP contribution in [0.3, 0.4) is 0 Å². The molecule has 0 spiro atoms. The molecule has 2 N–H and O–H groups in total. The predicted molar refractivity (Wildman–Crippen MR) is 103 cm³/mol. The molecule has 6 nitrogen and oxygen atoms in total. The van der Waals surface area contributed by atoms with Crippen molar-refractivity contribution in [2.24, 2.45) is 0 Å². The molecular formula is C19H24ClF2N3O3. The molecule has 0 radical (unpaired) electrons. The van der Waals surface area contributed by atoms with Crippen LogP contribution in [0.4, 0.5) is 8.78 Å². The smallest absolute Gasteiger partial charge is 0.387 e. The van der Waals surface area contributed by atoms with Crippen LogP contribution in [0.15, 0.2) is 35.9 Å². The molecule has 1 saturated heterocycles. The van der Waals surface area contributed by atoms with Crippen molar-refractivity contribution < 1.29 is 23.1 Å². The van der Waals surface area contributed by atoms with Crippen LogP contribution < -0.4 is 15.4 Å². The van der Waals surface area contributed by atoms with E-state index in [1.807, 2.05) is 0 Å². The van der Waals surface area contributed by atoms with Gasteiger partial charge < -0.3 is 20.3 Å². The summed E-state index contributed by atoms with van der Waals surface area (Å²) in [6.45, 7) is -0.470. The lowest BCUT2D eigenvalue weighted by Gasteiger charge is -2.25. The van der Waals surface area contributed by atoms with Gasteiger partial charge in [0, 0.05) is 19.6 Å². The molecular weight excluding hydrogens is 392 g/mol. The van der Waals surface area contributed by atoms with Gasteiger partial charge in [-0.15, -0.1) is 12.4 Å². The van der Waals surface area contributed by atoms with E-state index in [0.717, 1.165) is 25.1 Å². The summed E-state index contributed by atoms with van der Waals surface area (Å²) in [7, 11) is 0. The van der Waals surface area contributed by atoms with Crippen LogP contribution in [0.25, 0.3) is 0 Å². The molecule has 1 fully saturated rings. The maximum absolute atomic E-state index is 12.9. The zero-order chi connectivity index (χ0) is 19.2. The third-order valence-electron chi connectivity index (χ3n) is 4.80. The highest BCUT2D eigenvalue weighted by molar-refractivity contribution is 6.00. The first-order valence-corrected chi connectivity index (χ1v) is 9.07. The van der Waals surface area contributed by atoms with Crippen LogP contribution in [-0.4, -0.2) is 55.5 Å². The highest BCUT2D eigenvalue weighted by Gasteiger charge is 2.35. The Morgan fingerprint density at radius 2 is 2.11 bits per heavy atom. The predicted octanol–water partition coefficient (Wildman–Crippen LogP) is 2.35. The Morgan fingerprint density at radius 3 is 2.82 bits per heavy atom. The summed E-state index contributed by atoms with van der Waals surface area (Å²) < 4.78 is 29.7. The number of halogens is 3. The van der Waals surface area contributed by atoms with Crippen LogP contribution in [-0.2, 0) is 4.79 Å². The fourth-order valence-corrected chi connectivity index (χ4v) is 3.43. The highest BCUT2D eigenvalue weighted by atomic mass is 35.5. The van der Waals surface area contributed by atoms with Gasteiger partial charge in [-0.2, -0.15) is 8.78 Å². The van der Waals surface area contributed by atoms with Gasteiger partial charge in [0.2, 0.25) is 5.91 Å². The van der Waals surface area contributed by atoms with Gasteiger partial charge in [-0.05, 0) is 37.9 Å². The van der Waals surface area contributed by atoms with Crippen molar-refractivity contribution in [1.82, 2.24) is 15.5 Å². The van der Waals surface area contributed by atoms with E-state index in [1.165, 1.54) is 23.1 Å². The summed E-state index contributed by atoms with van der Waals surface area (Å²) in [5, 5.41) is 6.11. The Bertz CT molecular complexity index is 730. The maximum atomic E-state index is 12.9. The lowest BCUT2D eigenvalue weighted by Crippen LogP contribution is -2.46. The number of carbonyl (C=O) groups excluding carboxylic acids is 2. The molecule has 28 heavy (non-hydrogen) atoms. The number of para-hydroxylation sites is 1. The molecule has 9 heteroatoms. The largest absolute Gasteiger partial charge is 0.434 e. The molecule has 1 aromatic rings. The van der Waals surface area contributed by atoms with Crippen molar-refractivity contribution in [3.63, 3.8) is 0 Å². The number of carbonyl (C=O) groups is 2. The molecule has 1 unspecified atom stereocenters. The Kier molecular flexibility index (Phi) is 8.19. The zero-order valence-electron chi connectivity index (χ0n) is 15.3. The lowest BCUT2D eigenvalue weighted by molar-refractivity contribution is -0.124. The number of hydrogen-bond donors (Lipinski definition) is 2. The van der Waals surface area contributed by atoms with E-state index in [2.05, 4.69) is 21.4 Å². The van der Waals surface area contributed by atoms with E-state index in [-0.39, 0.29) is 29.6 Å². The summed E-state index contributed by atoms with van der Waals surface area (Å²) >= 11 is 0. The minimum absolute atomic E-state index is 0. The third-order valence-corrected chi connectivity index (χ3v) is 4.80. The summed E-state index contributed by atoms with van der Waals surface area (Å²) in [5.41, 5.74) is 1.20. The van der Waals surface area contributed by atoms with Gasteiger partial charge in [-0.3, -0.25) is 9.59 Å². The number of likely N-dealkylation sites (tertiary alicyclic amines) is 1. The normalized spacial score (nSPS) is 19.0. The van der Waals surface area contributed by atoms with Gasteiger partial charge in [0.25, 0.3) is 5.91 Å². The first-order chi connectivity index (χ1) is 13.1. The molecule has 2 amide bonds. The number of ether oxygens (including phenoxy) is 1. The van der Waals surface area contributed by atoms with Crippen LogP contribution in [0.2, 0.25) is 0 Å².